The molecule has 1 N–H and O–H groups in total. The van der Waals surface area contributed by atoms with Gasteiger partial charge in [-0.25, -0.2) is 0 Å². The summed E-state index contributed by atoms with van der Waals surface area (Å²) in [6.07, 6.45) is 2.13. The first kappa shape index (κ1) is 11.5. The molecule has 0 amide bonds. The van der Waals surface area contributed by atoms with E-state index in [4.69, 9.17) is 5.11 Å². The van der Waals surface area contributed by atoms with Crippen molar-refractivity contribution in [2.45, 2.75) is 26.2 Å². The molecule has 1 aromatic carbocycles. The third-order valence-corrected chi connectivity index (χ3v) is 2.59. The molecular formula is C13H16O2. The number of carbonyl (C=O) groups is 1. The lowest BCUT2D eigenvalue weighted by Crippen LogP contribution is -2.07. The van der Waals surface area contributed by atoms with Gasteiger partial charge in [-0.2, -0.15) is 0 Å². The second-order valence-electron chi connectivity index (χ2n) is 3.59. The standard InChI is InChI=1S/C13H16O2/c1-3-10(2)12(9-13(14)15)11-7-5-4-6-8-11/h3-8,12H,9H2,1-2H3,(H,14,15)/b10-3+/t12-/m0/s1. The minimum absolute atomic E-state index is 0.00583. The van der Waals surface area contributed by atoms with Gasteiger partial charge in [0.25, 0.3) is 0 Å². The highest BCUT2D eigenvalue weighted by Gasteiger charge is 2.16. The molecule has 0 aromatic heterocycles. The Labute approximate surface area is 90.3 Å². The Hall–Kier alpha value is -1.57. The number of hydrogen-bond donors (Lipinski definition) is 1. The van der Waals surface area contributed by atoms with Crippen molar-refractivity contribution in [3.05, 3.63) is 47.5 Å². The number of benzene rings is 1. The number of carboxylic acids is 1. The second-order valence-corrected chi connectivity index (χ2v) is 3.59. The summed E-state index contributed by atoms with van der Waals surface area (Å²) in [6, 6.07) is 9.76. The zero-order chi connectivity index (χ0) is 11.3. The Balaban J connectivity index is 2.96. The van der Waals surface area contributed by atoms with Gasteiger partial charge in [0, 0.05) is 5.92 Å². The van der Waals surface area contributed by atoms with Crippen LogP contribution in [0.4, 0.5) is 0 Å². The van der Waals surface area contributed by atoms with Crippen molar-refractivity contribution in [1.82, 2.24) is 0 Å². The summed E-state index contributed by atoms with van der Waals surface area (Å²) in [5.74, 6) is -0.765. The molecule has 0 saturated heterocycles. The quantitative estimate of drug-likeness (QED) is 0.764. The van der Waals surface area contributed by atoms with Crippen LogP contribution in [-0.4, -0.2) is 11.1 Å². The second kappa shape index (κ2) is 5.35. The summed E-state index contributed by atoms with van der Waals surface area (Å²) in [5, 5.41) is 8.86. The van der Waals surface area contributed by atoms with Crippen molar-refractivity contribution in [1.29, 1.82) is 0 Å². The predicted octanol–water partition coefficient (Wildman–Crippen LogP) is 3.21. The SMILES string of the molecule is C/C=C(\C)[C@H](CC(=O)O)c1ccccc1. The molecule has 0 heterocycles. The summed E-state index contributed by atoms with van der Waals surface area (Å²) in [5.41, 5.74) is 2.17. The molecular weight excluding hydrogens is 188 g/mol. The van der Waals surface area contributed by atoms with E-state index in [2.05, 4.69) is 0 Å². The molecule has 0 radical (unpaired) electrons. The van der Waals surface area contributed by atoms with E-state index in [0.717, 1.165) is 11.1 Å². The lowest BCUT2D eigenvalue weighted by Gasteiger charge is -2.15. The molecule has 80 valence electrons. The van der Waals surface area contributed by atoms with Crippen LogP contribution in [0.5, 0.6) is 0 Å². The maximum absolute atomic E-state index is 10.8. The van der Waals surface area contributed by atoms with Gasteiger partial charge in [-0.15, -0.1) is 0 Å². The smallest absolute Gasteiger partial charge is 0.304 e. The van der Waals surface area contributed by atoms with Crippen LogP contribution < -0.4 is 0 Å². The molecule has 2 nitrogen and oxygen atoms in total. The maximum atomic E-state index is 10.8. The van der Waals surface area contributed by atoms with E-state index >= 15 is 0 Å². The van der Waals surface area contributed by atoms with Crippen LogP contribution >= 0.6 is 0 Å². The van der Waals surface area contributed by atoms with Gasteiger partial charge in [-0.1, -0.05) is 42.0 Å². The summed E-state index contributed by atoms with van der Waals surface area (Å²) in [7, 11) is 0. The van der Waals surface area contributed by atoms with Crippen LogP contribution in [0.1, 0.15) is 31.7 Å². The van der Waals surface area contributed by atoms with Crippen molar-refractivity contribution in [2.75, 3.05) is 0 Å². The van der Waals surface area contributed by atoms with Crippen LogP contribution in [-0.2, 0) is 4.79 Å². The van der Waals surface area contributed by atoms with Gasteiger partial charge in [-0.05, 0) is 19.4 Å². The molecule has 15 heavy (non-hydrogen) atoms. The minimum atomic E-state index is -0.759. The van der Waals surface area contributed by atoms with E-state index in [0.29, 0.717) is 0 Å². The topological polar surface area (TPSA) is 37.3 Å². The van der Waals surface area contributed by atoms with Crippen LogP contribution in [0, 0.1) is 0 Å². The number of hydrogen-bond acceptors (Lipinski definition) is 1. The Bertz CT molecular complexity index is 352. The molecule has 1 atom stereocenters. The van der Waals surface area contributed by atoms with Gasteiger partial charge in [0.05, 0.1) is 6.42 Å². The van der Waals surface area contributed by atoms with E-state index < -0.39 is 5.97 Å². The molecule has 0 aliphatic heterocycles. The van der Waals surface area contributed by atoms with E-state index in [1.54, 1.807) is 0 Å². The summed E-state index contributed by atoms with van der Waals surface area (Å²) in [6.45, 7) is 3.91. The largest absolute Gasteiger partial charge is 0.481 e. The van der Waals surface area contributed by atoms with Gasteiger partial charge in [0.1, 0.15) is 0 Å². The Morgan fingerprint density at radius 2 is 2.00 bits per heavy atom. The first-order valence-corrected chi connectivity index (χ1v) is 5.04. The highest BCUT2D eigenvalue weighted by atomic mass is 16.4. The lowest BCUT2D eigenvalue weighted by atomic mass is 9.89. The summed E-state index contributed by atoms with van der Waals surface area (Å²) >= 11 is 0. The zero-order valence-corrected chi connectivity index (χ0v) is 9.10. The van der Waals surface area contributed by atoms with Crippen molar-refractivity contribution in [3.63, 3.8) is 0 Å². The molecule has 0 spiro atoms. The zero-order valence-electron chi connectivity index (χ0n) is 9.10. The Morgan fingerprint density at radius 3 is 2.47 bits per heavy atom. The molecule has 0 saturated carbocycles. The number of aliphatic carboxylic acids is 1. The molecule has 1 aromatic rings. The first-order valence-electron chi connectivity index (χ1n) is 5.04. The van der Waals surface area contributed by atoms with Gasteiger partial charge < -0.3 is 5.11 Å². The third kappa shape index (κ3) is 3.24. The van der Waals surface area contributed by atoms with E-state index in [1.807, 2.05) is 50.3 Å². The fourth-order valence-corrected chi connectivity index (χ4v) is 1.60. The maximum Gasteiger partial charge on any atom is 0.304 e. The van der Waals surface area contributed by atoms with E-state index in [-0.39, 0.29) is 12.3 Å². The van der Waals surface area contributed by atoms with Gasteiger partial charge in [0.15, 0.2) is 0 Å². The van der Waals surface area contributed by atoms with Crippen molar-refractivity contribution in [2.24, 2.45) is 0 Å². The average Bonchev–Trinajstić information content (AvgIpc) is 2.26. The number of allylic oxidation sites excluding steroid dienone is 2. The normalized spacial score (nSPS) is 13.6. The average molecular weight is 204 g/mol. The third-order valence-electron chi connectivity index (χ3n) is 2.59. The summed E-state index contributed by atoms with van der Waals surface area (Å²) in [4.78, 5) is 10.8. The van der Waals surface area contributed by atoms with Crippen LogP contribution in [0.2, 0.25) is 0 Å². The number of rotatable bonds is 4. The molecule has 0 unspecified atom stereocenters. The molecule has 0 aliphatic carbocycles. The van der Waals surface area contributed by atoms with Crippen molar-refractivity contribution >= 4 is 5.97 Å². The highest BCUT2D eigenvalue weighted by Crippen LogP contribution is 2.27. The van der Waals surface area contributed by atoms with Gasteiger partial charge in [-0.3, -0.25) is 4.79 Å². The number of carboxylic acid groups (broad SMARTS) is 1. The Morgan fingerprint density at radius 1 is 1.40 bits per heavy atom. The predicted molar refractivity (Wildman–Crippen MR) is 60.9 cm³/mol. The van der Waals surface area contributed by atoms with E-state index in [1.165, 1.54) is 0 Å². The molecule has 0 aliphatic rings. The van der Waals surface area contributed by atoms with Crippen LogP contribution in [0.25, 0.3) is 0 Å². The monoisotopic (exact) mass is 204 g/mol. The van der Waals surface area contributed by atoms with Gasteiger partial charge in [0.2, 0.25) is 0 Å². The fourth-order valence-electron chi connectivity index (χ4n) is 1.60. The fraction of sp³-hybridized carbons (Fsp3) is 0.308. The van der Waals surface area contributed by atoms with Crippen molar-refractivity contribution < 1.29 is 9.90 Å². The molecule has 1 rings (SSSR count). The lowest BCUT2D eigenvalue weighted by molar-refractivity contribution is -0.137. The van der Waals surface area contributed by atoms with Crippen LogP contribution in [0.3, 0.4) is 0 Å². The Kier molecular flexibility index (Phi) is 4.10. The van der Waals surface area contributed by atoms with Crippen LogP contribution in [0.15, 0.2) is 42.0 Å². The van der Waals surface area contributed by atoms with Crippen molar-refractivity contribution in [3.8, 4) is 0 Å². The summed E-state index contributed by atoms with van der Waals surface area (Å²) < 4.78 is 0. The first-order chi connectivity index (χ1) is 7.15. The molecule has 2 heteroatoms. The molecule has 0 fully saturated rings. The van der Waals surface area contributed by atoms with E-state index in [9.17, 15) is 4.79 Å². The highest BCUT2D eigenvalue weighted by molar-refractivity contribution is 5.68. The minimum Gasteiger partial charge on any atom is -0.481 e. The van der Waals surface area contributed by atoms with Gasteiger partial charge >= 0.3 is 5.97 Å². The molecule has 0 bridgehead atoms.